The van der Waals surface area contributed by atoms with Crippen LogP contribution in [0.25, 0.3) is 0 Å². The molecule has 1 aromatic carbocycles. The van der Waals surface area contributed by atoms with Crippen LogP contribution < -0.4 is 11.1 Å². The second kappa shape index (κ2) is 7.16. The highest BCUT2D eigenvalue weighted by molar-refractivity contribution is 7.80. The number of rotatable bonds is 4. The fourth-order valence-electron chi connectivity index (χ4n) is 1.22. The van der Waals surface area contributed by atoms with Crippen molar-refractivity contribution in [1.82, 2.24) is 4.90 Å². The third-order valence-corrected chi connectivity index (χ3v) is 3.00. The number of amidine groups is 1. The molecule has 0 saturated carbocycles. The van der Waals surface area contributed by atoms with Crippen molar-refractivity contribution in [2.75, 3.05) is 25.2 Å². The summed E-state index contributed by atoms with van der Waals surface area (Å²) in [4.78, 5) is 17.9. The number of nitrogens with two attached hydrogens (primary N) is 1. The number of carbonyl (C=O) groups excluding carboxylic acids is 1. The monoisotopic (exact) mass is 280 g/mol. The number of amides is 1. The molecule has 0 saturated heterocycles. The first-order chi connectivity index (χ1) is 8.93. The summed E-state index contributed by atoms with van der Waals surface area (Å²) in [6.07, 6.45) is 0. The minimum absolute atomic E-state index is 0.240. The Hall–Kier alpha value is -1.53. The van der Waals surface area contributed by atoms with Crippen LogP contribution in [0.3, 0.4) is 0 Å². The molecule has 0 heterocycles. The first-order valence-corrected chi connectivity index (χ1v) is 6.57. The van der Waals surface area contributed by atoms with Gasteiger partial charge < -0.3 is 16.0 Å². The Bertz CT molecular complexity index is 456. The lowest BCUT2D eigenvalue weighted by Crippen LogP contribution is -2.37. The van der Waals surface area contributed by atoms with Crippen molar-refractivity contribution in [3.05, 3.63) is 24.3 Å². The molecule has 3 N–H and O–H groups in total. The number of thiol groups is 1. The summed E-state index contributed by atoms with van der Waals surface area (Å²) < 4.78 is 0. The Morgan fingerprint density at radius 1 is 1.42 bits per heavy atom. The van der Waals surface area contributed by atoms with Crippen molar-refractivity contribution in [3.8, 4) is 0 Å². The number of carbonyl (C=O) groups is 1. The highest BCUT2D eigenvalue weighted by atomic mass is 32.1. The molecule has 0 aliphatic heterocycles. The lowest BCUT2D eigenvalue weighted by atomic mass is 10.2. The normalized spacial score (nSPS) is 13.0. The van der Waals surface area contributed by atoms with Crippen LogP contribution in [-0.2, 0) is 4.79 Å². The van der Waals surface area contributed by atoms with Gasteiger partial charge in [-0.2, -0.15) is 12.6 Å². The second-order valence-corrected chi connectivity index (χ2v) is 4.74. The Balaban J connectivity index is 2.72. The van der Waals surface area contributed by atoms with E-state index in [2.05, 4.69) is 22.9 Å². The van der Waals surface area contributed by atoms with Crippen LogP contribution in [0.5, 0.6) is 0 Å². The number of nitrogens with one attached hydrogen (secondary N) is 1. The topological polar surface area (TPSA) is 70.7 Å². The third kappa shape index (κ3) is 4.92. The third-order valence-electron chi connectivity index (χ3n) is 2.61. The van der Waals surface area contributed by atoms with E-state index in [1.807, 2.05) is 38.1 Å². The summed E-state index contributed by atoms with van der Waals surface area (Å²) in [5.41, 5.74) is 7.11. The van der Waals surface area contributed by atoms with Crippen molar-refractivity contribution in [3.63, 3.8) is 0 Å². The minimum Gasteiger partial charge on any atom is -0.366 e. The maximum atomic E-state index is 11.6. The van der Waals surface area contributed by atoms with Gasteiger partial charge in [0.25, 0.3) is 0 Å². The zero-order valence-electron chi connectivity index (χ0n) is 11.4. The average Bonchev–Trinajstić information content (AvgIpc) is 2.39. The molecular formula is C13H20N4OS. The number of nitrogens with zero attached hydrogens (tertiary/aromatic N) is 2. The molecule has 0 bridgehead atoms. The van der Waals surface area contributed by atoms with E-state index < -0.39 is 6.04 Å². The number of aliphatic imine (C=N–C) groups is 1. The van der Waals surface area contributed by atoms with Crippen molar-refractivity contribution in [2.45, 2.75) is 13.0 Å². The van der Waals surface area contributed by atoms with Crippen LogP contribution in [0.2, 0.25) is 0 Å². The zero-order valence-corrected chi connectivity index (χ0v) is 12.3. The van der Waals surface area contributed by atoms with E-state index in [9.17, 15) is 4.79 Å². The molecule has 0 unspecified atom stereocenters. The lowest BCUT2D eigenvalue weighted by molar-refractivity contribution is -0.116. The van der Waals surface area contributed by atoms with Gasteiger partial charge in [-0.25, -0.2) is 4.99 Å². The minimum atomic E-state index is -0.600. The quantitative estimate of drug-likeness (QED) is 0.444. The summed E-state index contributed by atoms with van der Waals surface area (Å²) in [6, 6.07) is 6.68. The predicted molar refractivity (Wildman–Crippen MR) is 83.4 cm³/mol. The number of hydrogen-bond acceptors (Lipinski definition) is 4. The van der Waals surface area contributed by atoms with E-state index in [1.54, 1.807) is 12.1 Å². The maximum absolute atomic E-state index is 11.6. The van der Waals surface area contributed by atoms with E-state index in [0.717, 1.165) is 11.5 Å². The number of benzene rings is 1. The molecule has 1 amide bonds. The lowest BCUT2D eigenvalue weighted by Gasteiger charge is -2.12. The molecule has 1 aromatic rings. The Kier molecular flexibility index (Phi) is 5.85. The molecule has 0 radical (unpaired) electrons. The molecule has 0 fully saturated rings. The molecule has 6 heteroatoms. The smallest absolute Gasteiger partial charge is 0.242 e. The molecule has 104 valence electrons. The van der Waals surface area contributed by atoms with E-state index in [4.69, 9.17) is 5.73 Å². The van der Waals surface area contributed by atoms with Crippen LogP contribution >= 0.6 is 12.6 Å². The summed E-state index contributed by atoms with van der Waals surface area (Å²) in [5.74, 6) is 0.987. The Labute approximate surface area is 119 Å². The highest BCUT2D eigenvalue weighted by Gasteiger charge is 2.10. The fourth-order valence-corrected chi connectivity index (χ4v) is 1.39. The van der Waals surface area contributed by atoms with Gasteiger partial charge in [0, 0.05) is 25.5 Å². The standard InChI is InChI=1S/C13H20N4OS/c1-9(17(2)3)15-10-4-6-11(7-5-10)16-13(18)12(14)8-19/h4-7,12,19H,8,14H2,1-3H3,(H,16,18)/t12-/m0/s1. The average molecular weight is 280 g/mol. The van der Waals surface area contributed by atoms with E-state index in [-0.39, 0.29) is 5.91 Å². The second-order valence-electron chi connectivity index (χ2n) is 4.38. The highest BCUT2D eigenvalue weighted by Crippen LogP contribution is 2.17. The van der Waals surface area contributed by atoms with E-state index >= 15 is 0 Å². The van der Waals surface area contributed by atoms with Gasteiger partial charge in [0.1, 0.15) is 5.84 Å². The molecule has 1 atom stereocenters. The summed E-state index contributed by atoms with van der Waals surface area (Å²) in [5, 5.41) is 2.72. The van der Waals surface area contributed by atoms with Gasteiger partial charge in [-0.15, -0.1) is 0 Å². The van der Waals surface area contributed by atoms with Gasteiger partial charge in [-0.3, -0.25) is 4.79 Å². The van der Waals surface area contributed by atoms with Gasteiger partial charge in [0.2, 0.25) is 5.91 Å². The van der Waals surface area contributed by atoms with Crippen LogP contribution in [0.1, 0.15) is 6.92 Å². The molecule has 5 nitrogen and oxygen atoms in total. The van der Waals surface area contributed by atoms with Gasteiger partial charge in [0.15, 0.2) is 0 Å². The van der Waals surface area contributed by atoms with E-state index in [1.165, 1.54) is 0 Å². The van der Waals surface area contributed by atoms with E-state index in [0.29, 0.717) is 11.4 Å². The fraction of sp³-hybridized carbons (Fsp3) is 0.385. The van der Waals surface area contributed by atoms with Gasteiger partial charge >= 0.3 is 0 Å². The zero-order chi connectivity index (χ0) is 14.4. The summed E-state index contributed by atoms with van der Waals surface area (Å²) >= 11 is 3.99. The first-order valence-electron chi connectivity index (χ1n) is 5.94. The molecule has 1 rings (SSSR count). The molecular weight excluding hydrogens is 260 g/mol. The molecule has 0 spiro atoms. The van der Waals surface area contributed by atoms with Crippen molar-refractivity contribution >= 4 is 35.7 Å². The van der Waals surface area contributed by atoms with Crippen LogP contribution in [0, 0.1) is 0 Å². The van der Waals surface area contributed by atoms with Crippen LogP contribution in [0.4, 0.5) is 11.4 Å². The number of hydrogen-bond donors (Lipinski definition) is 3. The Morgan fingerprint density at radius 2 is 2.00 bits per heavy atom. The SMILES string of the molecule is CC(=Nc1ccc(NC(=O)[C@@H](N)CS)cc1)N(C)C. The Morgan fingerprint density at radius 3 is 2.47 bits per heavy atom. The maximum Gasteiger partial charge on any atom is 0.242 e. The van der Waals surface area contributed by atoms with Crippen molar-refractivity contribution in [1.29, 1.82) is 0 Å². The van der Waals surface area contributed by atoms with Gasteiger partial charge in [-0.1, -0.05) is 0 Å². The molecule has 0 aliphatic rings. The van der Waals surface area contributed by atoms with Crippen LogP contribution in [-0.4, -0.2) is 42.5 Å². The first kappa shape index (κ1) is 15.5. The van der Waals surface area contributed by atoms with Crippen molar-refractivity contribution in [2.24, 2.45) is 10.7 Å². The largest absolute Gasteiger partial charge is 0.366 e. The van der Waals surface area contributed by atoms with Gasteiger partial charge in [0.05, 0.1) is 11.7 Å². The number of anilines is 1. The van der Waals surface area contributed by atoms with Crippen LogP contribution in [0.15, 0.2) is 29.3 Å². The molecule has 0 aliphatic carbocycles. The molecule has 0 aromatic heterocycles. The van der Waals surface area contributed by atoms with Crippen molar-refractivity contribution < 1.29 is 4.79 Å². The van der Waals surface area contributed by atoms with Gasteiger partial charge in [-0.05, 0) is 31.2 Å². The summed E-state index contributed by atoms with van der Waals surface area (Å²) in [7, 11) is 3.87. The summed E-state index contributed by atoms with van der Waals surface area (Å²) in [6.45, 7) is 1.93. The predicted octanol–water partition coefficient (Wildman–Crippen LogP) is 1.49. The molecule has 19 heavy (non-hydrogen) atoms.